The molecule has 0 saturated carbocycles. The zero-order valence-electron chi connectivity index (χ0n) is 14.3. The van der Waals surface area contributed by atoms with Gasteiger partial charge in [-0.1, -0.05) is 42.1 Å². The van der Waals surface area contributed by atoms with Crippen molar-refractivity contribution in [2.45, 2.75) is 17.8 Å². The summed E-state index contributed by atoms with van der Waals surface area (Å²) >= 11 is 4.88. The largest absolute Gasteiger partial charge is 0.503 e. The summed E-state index contributed by atoms with van der Waals surface area (Å²) in [5, 5.41) is 23.4. The number of methoxy groups -OCH3 is 1. The number of phenolic OH excluding ortho intramolecular Hbond substituents is 1. The summed E-state index contributed by atoms with van der Waals surface area (Å²) < 4.78 is 7.40. The van der Waals surface area contributed by atoms with Crippen molar-refractivity contribution in [1.29, 1.82) is 0 Å². The Morgan fingerprint density at radius 1 is 1.27 bits per heavy atom. The van der Waals surface area contributed by atoms with Gasteiger partial charge in [0.1, 0.15) is 0 Å². The van der Waals surface area contributed by atoms with Crippen LogP contribution in [0.25, 0.3) is 0 Å². The van der Waals surface area contributed by atoms with Crippen molar-refractivity contribution in [3.8, 4) is 11.5 Å². The molecule has 0 radical (unpaired) electrons. The Balaban J connectivity index is 1.81. The average molecular weight is 433 g/mol. The van der Waals surface area contributed by atoms with Gasteiger partial charge in [0.25, 0.3) is 0 Å². The molecule has 2 aromatic carbocycles. The lowest BCUT2D eigenvalue weighted by atomic mass is 10.2. The number of aromatic nitrogens is 3. The number of hydrogen-bond donors (Lipinski definition) is 1. The van der Waals surface area contributed by atoms with E-state index in [1.54, 1.807) is 34.8 Å². The van der Waals surface area contributed by atoms with Crippen molar-refractivity contribution in [3.63, 3.8) is 0 Å². The van der Waals surface area contributed by atoms with Crippen LogP contribution in [0.2, 0.25) is 0 Å². The summed E-state index contributed by atoms with van der Waals surface area (Å²) in [6.07, 6.45) is 1.68. The summed E-state index contributed by atoms with van der Waals surface area (Å²) in [7, 11) is 1.50. The predicted octanol–water partition coefficient (Wildman–Crippen LogP) is 4.24. The Labute approximate surface area is 164 Å². The molecule has 0 aliphatic carbocycles. The summed E-state index contributed by atoms with van der Waals surface area (Å²) in [4.78, 5) is 0. The van der Waals surface area contributed by atoms with Crippen LogP contribution in [0.3, 0.4) is 0 Å². The molecule has 0 spiro atoms. The van der Waals surface area contributed by atoms with Gasteiger partial charge >= 0.3 is 0 Å². The maximum atomic E-state index is 9.90. The van der Waals surface area contributed by atoms with E-state index in [1.165, 1.54) is 12.7 Å². The average Bonchev–Trinajstić information content (AvgIpc) is 3.01. The van der Waals surface area contributed by atoms with Crippen molar-refractivity contribution in [3.05, 3.63) is 63.9 Å². The van der Waals surface area contributed by atoms with Crippen LogP contribution in [-0.4, -0.2) is 33.3 Å². The second-order valence-electron chi connectivity index (χ2n) is 5.41. The van der Waals surface area contributed by atoms with Gasteiger partial charge in [-0.15, -0.1) is 10.2 Å². The second kappa shape index (κ2) is 8.37. The molecule has 0 unspecified atom stereocenters. The molecule has 0 aliphatic heterocycles. The van der Waals surface area contributed by atoms with Crippen molar-refractivity contribution in [2.75, 3.05) is 7.11 Å². The van der Waals surface area contributed by atoms with Gasteiger partial charge in [-0.3, -0.25) is 0 Å². The van der Waals surface area contributed by atoms with Gasteiger partial charge in [-0.05, 0) is 46.1 Å². The minimum Gasteiger partial charge on any atom is -0.503 e. The molecule has 1 aromatic heterocycles. The Kier molecular flexibility index (Phi) is 5.95. The summed E-state index contributed by atoms with van der Waals surface area (Å²) in [5.74, 6) is 1.92. The normalized spacial score (nSPS) is 11.2. The molecule has 0 aliphatic rings. The first-order valence-corrected chi connectivity index (χ1v) is 9.56. The SMILES string of the molecule is COc1cc(/C=N/n2c(C)nnc2SCc2ccccc2)cc(Br)c1O. The van der Waals surface area contributed by atoms with Crippen molar-refractivity contribution in [2.24, 2.45) is 5.10 Å². The van der Waals surface area contributed by atoms with E-state index in [4.69, 9.17) is 4.74 Å². The van der Waals surface area contributed by atoms with E-state index in [0.29, 0.717) is 21.2 Å². The molecule has 0 amide bonds. The molecule has 1 N–H and O–H groups in total. The van der Waals surface area contributed by atoms with Gasteiger partial charge in [-0.2, -0.15) is 9.78 Å². The molecular formula is C18H17BrN4O2S. The van der Waals surface area contributed by atoms with Gasteiger partial charge in [-0.25, -0.2) is 0 Å². The molecule has 3 aromatic rings. The van der Waals surface area contributed by atoms with Gasteiger partial charge in [0.05, 0.1) is 17.8 Å². The Morgan fingerprint density at radius 3 is 2.77 bits per heavy atom. The number of phenols is 1. The first kappa shape index (κ1) is 18.5. The molecule has 26 heavy (non-hydrogen) atoms. The smallest absolute Gasteiger partial charge is 0.212 e. The first-order valence-electron chi connectivity index (χ1n) is 7.78. The summed E-state index contributed by atoms with van der Waals surface area (Å²) in [5.41, 5.74) is 1.99. The highest BCUT2D eigenvalue weighted by molar-refractivity contribution is 9.10. The van der Waals surface area contributed by atoms with Crippen LogP contribution in [0.15, 0.2) is 57.2 Å². The number of nitrogens with zero attached hydrogens (tertiary/aromatic N) is 4. The number of aromatic hydroxyl groups is 1. The van der Waals surface area contributed by atoms with E-state index in [1.807, 2.05) is 25.1 Å². The predicted molar refractivity (Wildman–Crippen MR) is 106 cm³/mol. The highest BCUT2D eigenvalue weighted by atomic mass is 79.9. The maximum Gasteiger partial charge on any atom is 0.212 e. The lowest BCUT2D eigenvalue weighted by Crippen LogP contribution is -1.97. The lowest BCUT2D eigenvalue weighted by molar-refractivity contribution is 0.372. The molecule has 3 rings (SSSR count). The van der Waals surface area contributed by atoms with Crippen LogP contribution in [0.5, 0.6) is 11.5 Å². The number of hydrogen-bond acceptors (Lipinski definition) is 6. The van der Waals surface area contributed by atoms with Crippen molar-refractivity contribution < 1.29 is 9.84 Å². The van der Waals surface area contributed by atoms with E-state index >= 15 is 0 Å². The van der Waals surface area contributed by atoms with Crippen molar-refractivity contribution >= 4 is 33.9 Å². The fourth-order valence-corrected chi connectivity index (χ4v) is 3.58. The van der Waals surface area contributed by atoms with Gasteiger partial charge in [0.15, 0.2) is 17.3 Å². The molecule has 0 fully saturated rings. The van der Waals surface area contributed by atoms with E-state index in [0.717, 1.165) is 11.3 Å². The highest BCUT2D eigenvalue weighted by Gasteiger charge is 2.10. The van der Waals surface area contributed by atoms with E-state index in [-0.39, 0.29) is 5.75 Å². The Hall–Kier alpha value is -2.32. The third kappa shape index (κ3) is 4.25. The number of halogens is 1. The number of rotatable bonds is 6. The van der Waals surface area contributed by atoms with Crippen LogP contribution in [0.4, 0.5) is 0 Å². The number of ether oxygens (including phenoxy) is 1. The lowest BCUT2D eigenvalue weighted by Gasteiger charge is -2.06. The minimum absolute atomic E-state index is 0.0595. The zero-order valence-corrected chi connectivity index (χ0v) is 16.7. The Bertz CT molecular complexity index is 928. The van der Waals surface area contributed by atoms with Crippen LogP contribution >= 0.6 is 27.7 Å². The van der Waals surface area contributed by atoms with Crippen LogP contribution in [0.1, 0.15) is 17.0 Å². The molecular weight excluding hydrogens is 416 g/mol. The standard InChI is InChI=1S/C18H17BrN4O2S/c1-12-21-22-18(26-11-13-6-4-3-5-7-13)23(12)20-10-14-8-15(19)17(24)16(9-14)25-2/h3-10,24H,11H2,1-2H3/b20-10+. The number of aryl methyl sites for hydroxylation is 1. The molecule has 134 valence electrons. The summed E-state index contributed by atoms with van der Waals surface area (Å²) in [6.45, 7) is 1.85. The van der Waals surface area contributed by atoms with Gasteiger partial charge < -0.3 is 9.84 Å². The topological polar surface area (TPSA) is 72.5 Å². The molecule has 0 saturated heterocycles. The zero-order chi connectivity index (χ0) is 18.5. The van der Waals surface area contributed by atoms with Crippen LogP contribution in [-0.2, 0) is 5.75 Å². The first-order chi connectivity index (χ1) is 12.6. The second-order valence-corrected chi connectivity index (χ2v) is 7.21. The molecule has 1 heterocycles. The third-order valence-electron chi connectivity index (χ3n) is 3.57. The van der Waals surface area contributed by atoms with E-state index in [2.05, 4.69) is 43.4 Å². The Morgan fingerprint density at radius 2 is 2.04 bits per heavy atom. The summed E-state index contributed by atoms with van der Waals surface area (Å²) in [6, 6.07) is 13.6. The number of thioether (sulfide) groups is 1. The van der Waals surface area contributed by atoms with E-state index < -0.39 is 0 Å². The number of benzene rings is 2. The quantitative estimate of drug-likeness (QED) is 0.465. The molecule has 8 heteroatoms. The van der Waals surface area contributed by atoms with Gasteiger partial charge in [0.2, 0.25) is 5.16 Å². The maximum absolute atomic E-state index is 9.90. The molecule has 0 bridgehead atoms. The molecule has 0 atom stereocenters. The fraction of sp³-hybridized carbons (Fsp3) is 0.167. The van der Waals surface area contributed by atoms with Crippen molar-refractivity contribution in [1.82, 2.24) is 14.9 Å². The fourth-order valence-electron chi connectivity index (χ4n) is 2.23. The highest BCUT2D eigenvalue weighted by Crippen LogP contribution is 2.34. The van der Waals surface area contributed by atoms with E-state index in [9.17, 15) is 5.11 Å². The van der Waals surface area contributed by atoms with Crippen LogP contribution in [0, 0.1) is 6.92 Å². The molecule has 6 nitrogen and oxygen atoms in total. The van der Waals surface area contributed by atoms with Gasteiger partial charge in [0, 0.05) is 5.75 Å². The monoisotopic (exact) mass is 432 g/mol. The van der Waals surface area contributed by atoms with Crippen LogP contribution < -0.4 is 4.74 Å². The minimum atomic E-state index is 0.0595. The third-order valence-corrected chi connectivity index (χ3v) is 5.17.